The second-order valence-electron chi connectivity index (χ2n) is 6.18. The number of likely N-dealkylation sites (tertiary alicyclic amines) is 1. The summed E-state index contributed by atoms with van der Waals surface area (Å²) in [7, 11) is 0. The van der Waals surface area contributed by atoms with Gasteiger partial charge in [0.05, 0.1) is 12.6 Å². The average molecular weight is 384 g/mol. The molecule has 0 radical (unpaired) electrons. The van der Waals surface area contributed by atoms with Crippen LogP contribution in [0, 0.1) is 5.82 Å². The largest absolute Gasteiger partial charge is 0.343 e. The lowest BCUT2D eigenvalue weighted by Gasteiger charge is -2.30. The standard InChI is InChI=1S/C18H22FN3OS.ClH/c19-14-5-3-13(4-6-14)18(16-2-1-11-24-16)21-17(23)12-22-9-7-15(20)8-10-22;/h1-6,11,15,18H,7-10,12,20H2,(H,21,23);1H. The van der Waals surface area contributed by atoms with Gasteiger partial charge in [-0.3, -0.25) is 9.69 Å². The Morgan fingerprint density at radius 3 is 2.56 bits per heavy atom. The van der Waals surface area contributed by atoms with Crippen LogP contribution in [-0.2, 0) is 4.79 Å². The Labute approximate surface area is 157 Å². The van der Waals surface area contributed by atoms with Crippen molar-refractivity contribution < 1.29 is 9.18 Å². The number of hydrogen-bond acceptors (Lipinski definition) is 4. The minimum atomic E-state index is -0.278. The molecule has 3 rings (SSSR count). The van der Waals surface area contributed by atoms with E-state index in [9.17, 15) is 9.18 Å². The second kappa shape index (κ2) is 9.29. The lowest BCUT2D eigenvalue weighted by molar-refractivity contribution is -0.123. The maximum Gasteiger partial charge on any atom is 0.234 e. The summed E-state index contributed by atoms with van der Waals surface area (Å²) in [6.45, 7) is 2.08. The number of nitrogens with zero attached hydrogens (tertiary/aromatic N) is 1. The Hall–Kier alpha value is -1.47. The summed E-state index contributed by atoms with van der Waals surface area (Å²) < 4.78 is 13.2. The van der Waals surface area contributed by atoms with Crippen LogP contribution in [0.4, 0.5) is 4.39 Å². The van der Waals surface area contributed by atoms with Crippen LogP contribution in [0.25, 0.3) is 0 Å². The van der Waals surface area contributed by atoms with Gasteiger partial charge in [0.2, 0.25) is 5.91 Å². The zero-order valence-electron chi connectivity index (χ0n) is 13.9. The Balaban J connectivity index is 0.00000225. The predicted octanol–water partition coefficient (Wildman–Crippen LogP) is 2.94. The fourth-order valence-electron chi connectivity index (χ4n) is 2.95. The smallest absolute Gasteiger partial charge is 0.234 e. The summed E-state index contributed by atoms with van der Waals surface area (Å²) in [5.41, 5.74) is 6.79. The molecule has 2 heterocycles. The van der Waals surface area contributed by atoms with E-state index in [0.717, 1.165) is 36.4 Å². The van der Waals surface area contributed by atoms with Crippen molar-refractivity contribution in [3.05, 3.63) is 58.0 Å². The molecule has 1 atom stereocenters. The zero-order chi connectivity index (χ0) is 16.9. The molecule has 25 heavy (non-hydrogen) atoms. The topological polar surface area (TPSA) is 58.4 Å². The van der Waals surface area contributed by atoms with Crippen molar-refractivity contribution in [2.75, 3.05) is 19.6 Å². The number of nitrogens with two attached hydrogens (primary N) is 1. The van der Waals surface area contributed by atoms with Gasteiger partial charge in [-0.1, -0.05) is 18.2 Å². The van der Waals surface area contributed by atoms with E-state index < -0.39 is 0 Å². The first kappa shape index (κ1) is 19.8. The van der Waals surface area contributed by atoms with E-state index in [-0.39, 0.29) is 36.2 Å². The average Bonchev–Trinajstić information content (AvgIpc) is 3.10. The highest BCUT2D eigenvalue weighted by Gasteiger charge is 2.22. The van der Waals surface area contributed by atoms with Crippen molar-refractivity contribution in [1.29, 1.82) is 0 Å². The maximum atomic E-state index is 13.2. The van der Waals surface area contributed by atoms with Crippen molar-refractivity contribution in [2.24, 2.45) is 5.73 Å². The first-order valence-electron chi connectivity index (χ1n) is 8.18. The van der Waals surface area contributed by atoms with Crippen LogP contribution in [0.3, 0.4) is 0 Å². The lowest BCUT2D eigenvalue weighted by atomic mass is 10.0. The minimum absolute atomic E-state index is 0. The molecule has 1 aliphatic rings. The summed E-state index contributed by atoms with van der Waals surface area (Å²) in [4.78, 5) is 15.7. The van der Waals surface area contributed by atoms with Crippen LogP contribution in [-0.4, -0.2) is 36.5 Å². The van der Waals surface area contributed by atoms with Gasteiger partial charge in [0.1, 0.15) is 5.82 Å². The van der Waals surface area contributed by atoms with E-state index in [1.807, 2.05) is 17.5 Å². The van der Waals surface area contributed by atoms with E-state index >= 15 is 0 Å². The van der Waals surface area contributed by atoms with Crippen molar-refractivity contribution in [1.82, 2.24) is 10.2 Å². The summed E-state index contributed by atoms with van der Waals surface area (Å²) in [6, 6.07) is 10.2. The van der Waals surface area contributed by atoms with E-state index in [4.69, 9.17) is 5.73 Å². The van der Waals surface area contributed by atoms with Gasteiger partial charge in [0.25, 0.3) is 0 Å². The quantitative estimate of drug-likeness (QED) is 0.834. The molecule has 1 unspecified atom stereocenters. The first-order chi connectivity index (χ1) is 11.6. The number of carbonyl (C=O) groups excluding carboxylic acids is 1. The monoisotopic (exact) mass is 383 g/mol. The molecule has 2 aromatic rings. The molecule has 4 nitrogen and oxygen atoms in total. The van der Waals surface area contributed by atoms with Gasteiger partial charge < -0.3 is 11.1 Å². The van der Waals surface area contributed by atoms with Crippen LogP contribution in [0.2, 0.25) is 0 Å². The van der Waals surface area contributed by atoms with Crippen molar-refractivity contribution in [3.63, 3.8) is 0 Å². The molecule has 3 N–H and O–H groups in total. The van der Waals surface area contributed by atoms with Crippen LogP contribution < -0.4 is 11.1 Å². The van der Waals surface area contributed by atoms with Gasteiger partial charge in [0.15, 0.2) is 0 Å². The van der Waals surface area contributed by atoms with Gasteiger partial charge in [0, 0.05) is 24.0 Å². The number of hydrogen-bond donors (Lipinski definition) is 2. The third-order valence-corrected chi connectivity index (χ3v) is 5.27. The lowest BCUT2D eigenvalue weighted by Crippen LogP contribution is -2.45. The Morgan fingerprint density at radius 1 is 1.28 bits per heavy atom. The van der Waals surface area contributed by atoms with Crippen molar-refractivity contribution in [3.8, 4) is 0 Å². The molecule has 1 amide bonds. The number of rotatable bonds is 5. The summed E-state index contributed by atoms with van der Waals surface area (Å²) >= 11 is 1.58. The van der Waals surface area contributed by atoms with Crippen LogP contribution in [0.1, 0.15) is 29.3 Å². The Morgan fingerprint density at radius 2 is 1.96 bits per heavy atom. The summed E-state index contributed by atoms with van der Waals surface area (Å²) in [6.07, 6.45) is 1.86. The van der Waals surface area contributed by atoms with Gasteiger partial charge in [-0.05, 0) is 42.0 Å². The summed E-state index contributed by atoms with van der Waals surface area (Å²) in [5, 5.41) is 5.07. The number of halogens is 2. The van der Waals surface area contributed by atoms with Gasteiger partial charge in [-0.25, -0.2) is 4.39 Å². The number of benzene rings is 1. The summed E-state index contributed by atoms with van der Waals surface area (Å²) in [5.74, 6) is -0.298. The van der Waals surface area contributed by atoms with Crippen LogP contribution in [0.15, 0.2) is 41.8 Å². The van der Waals surface area contributed by atoms with E-state index in [1.165, 1.54) is 12.1 Å². The number of nitrogens with one attached hydrogen (secondary N) is 1. The number of carbonyl (C=O) groups is 1. The number of amides is 1. The molecule has 7 heteroatoms. The van der Waals surface area contributed by atoms with Crippen molar-refractivity contribution in [2.45, 2.75) is 24.9 Å². The molecule has 1 aromatic heterocycles. The van der Waals surface area contributed by atoms with E-state index in [1.54, 1.807) is 23.5 Å². The predicted molar refractivity (Wildman–Crippen MR) is 102 cm³/mol. The van der Waals surface area contributed by atoms with Gasteiger partial charge in [-0.15, -0.1) is 23.7 Å². The third-order valence-electron chi connectivity index (χ3n) is 4.34. The molecule has 0 bridgehead atoms. The second-order valence-corrected chi connectivity index (χ2v) is 7.16. The number of thiophene rings is 1. The number of piperidine rings is 1. The van der Waals surface area contributed by atoms with Gasteiger partial charge >= 0.3 is 0 Å². The fraction of sp³-hybridized carbons (Fsp3) is 0.389. The normalized spacial score (nSPS) is 16.9. The Bertz CT molecular complexity index is 657. The zero-order valence-corrected chi connectivity index (χ0v) is 15.5. The molecule has 1 aliphatic heterocycles. The molecule has 1 fully saturated rings. The molecule has 1 saturated heterocycles. The molecular formula is C18H23ClFN3OS. The minimum Gasteiger partial charge on any atom is -0.343 e. The maximum absolute atomic E-state index is 13.2. The van der Waals surface area contributed by atoms with Crippen molar-refractivity contribution >= 4 is 29.7 Å². The van der Waals surface area contributed by atoms with E-state index in [2.05, 4.69) is 10.2 Å². The fourth-order valence-corrected chi connectivity index (χ4v) is 3.75. The highest BCUT2D eigenvalue weighted by molar-refractivity contribution is 7.10. The SMILES string of the molecule is Cl.NC1CCN(CC(=O)NC(c2ccc(F)cc2)c2cccs2)CC1. The van der Waals surface area contributed by atoms with Gasteiger partial charge in [-0.2, -0.15) is 0 Å². The Kier molecular flexibility index (Phi) is 7.38. The highest BCUT2D eigenvalue weighted by Crippen LogP contribution is 2.26. The first-order valence-corrected chi connectivity index (χ1v) is 9.06. The molecule has 0 spiro atoms. The molecule has 0 saturated carbocycles. The molecule has 1 aromatic carbocycles. The van der Waals surface area contributed by atoms with Crippen LogP contribution >= 0.6 is 23.7 Å². The van der Waals surface area contributed by atoms with Crippen LogP contribution in [0.5, 0.6) is 0 Å². The van der Waals surface area contributed by atoms with E-state index in [0.29, 0.717) is 6.54 Å². The molecular weight excluding hydrogens is 361 g/mol. The molecule has 136 valence electrons. The highest BCUT2D eigenvalue weighted by atomic mass is 35.5. The molecule has 0 aliphatic carbocycles. The third kappa shape index (κ3) is 5.51.